The Morgan fingerprint density at radius 3 is 2.29 bits per heavy atom. The third-order valence-electron chi connectivity index (χ3n) is 4.54. The molecule has 1 aliphatic rings. The fourth-order valence-corrected chi connectivity index (χ4v) is 2.99. The maximum absolute atomic E-state index is 13.8. The van der Waals surface area contributed by atoms with Gasteiger partial charge in [-0.1, -0.05) is 6.07 Å². The number of hydrogen-bond acceptors (Lipinski definition) is 3. The number of hydrogen-bond donors (Lipinski definition) is 3. The van der Waals surface area contributed by atoms with E-state index in [-0.39, 0.29) is 24.4 Å². The van der Waals surface area contributed by atoms with Gasteiger partial charge in [-0.25, -0.2) is 8.78 Å². The van der Waals surface area contributed by atoms with Gasteiger partial charge in [0, 0.05) is 35.2 Å². The van der Waals surface area contributed by atoms with E-state index in [2.05, 4.69) is 10.6 Å². The highest BCUT2D eigenvalue weighted by Crippen LogP contribution is 2.49. The molecule has 2 unspecified atom stereocenters. The number of aliphatic carboxylic acids is 1. The topological polar surface area (TPSA) is 95.5 Å². The summed E-state index contributed by atoms with van der Waals surface area (Å²) < 4.78 is 27.6. The minimum Gasteiger partial charge on any atom is -0.481 e. The van der Waals surface area contributed by atoms with Crippen molar-refractivity contribution in [2.75, 3.05) is 11.9 Å². The standard InChI is InChI=1S/C20H18F2N2O4/c21-15-2-1-3-16(22)18(15)13-10-14(13)20(28)24-12-6-4-11(5-7-12)19(27)23-9-8-17(25)26/h1-7,13-14H,8-10H2,(H,23,27)(H,24,28)(H,25,26). The molecule has 3 N–H and O–H groups in total. The lowest BCUT2D eigenvalue weighted by Gasteiger charge is -2.08. The molecule has 146 valence electrons. The number of carboxylic acid groups (broad SMARTS) is 1. The van der Waals surface area contributed by atoms with Gasteiger partial charge < -0.3 is 15.7 Å². The summed E-state index contributed by atoms with van der Waals surface area (Å²) in [6.07, 6.45) is 0.193. The lowest BCUT2D eigenvalue weighted by molar-refractivity contribution is -0.136. The molecule has 2 aromatic carbocycles. The van der Waals surface area contributed by atoms with Crippen LogP contribution in [0.5, 0.6) is 0 Å². The number of benzene rings is 2. The molecule has 0 spiro atoms. The molecule has 2 atom stereocenters. The first kappa shape index (κ1) is 19.5. The zero-order valence-corrected chi connectivity index (χ0v) is 14.7. The van der Waals surface area contributed by atoms with Crippen LogP contribution >= 0.6 is 0 Å². The number of rotatable bonds is 7. The number of carbonyl (C=O) groups is 3. The second kappa shape index (κ2) is 8.16. The molecule has 1 aliphatic carbocycles. The third kappa shape index (κ3) is 4.51. The van der Waals surface area contributed by atoms with Gasteiger partial charge in [-0.3, -0.25) is 14.4 Å². The maximum atomic E-state index is 13.8. The van der Waals surface area contributed by atoms with Gasteiger partial charge in [-0.05, 0) is 42.8 Å². The van der Waals surface area contributed by atoms with Crippen LogP contribution < -0.4 is 10.6 Å². The highest BCUT2D eigenvalue weighted by Gasteiger charge is 2.46. The Kier molecular flexibility index (Phi) is 5.67. The molecule has 0 bridgehead atoms. The molecular formula is C20H18F2N2O4. The van der Waals surface area contributed by atoms with Gasteiger partial charge in [-0.15, -0.1) is 0 Å². The van der Waals surface area contributed by atoms with E-state index in [0.717, 1.165) is 0 Å². The summed E-state index contributed by atoms with van der Waals surface area (Å²) in [7, 11) is 0. The Morgan fingerprint density at radius 2 is 1.68 bits per heavy atom. The van der Waals surface area contributed by atoms with E-state index in [1.807, 2.05) is 0 Å². The van der Waals surface area contributed by atoms with Gasteiger partial charge in [-0.2, -0.15) is 0 Å². The monoisotopic (exact) mass is 388 g/mol. The molecule has 2 amide bonds. The smallest absolute Gasteiger partial charge is 0.305 e. The Balaban J connectivity index is 1.55. The van der Waals surface area contributed by atoms with E-state index in [4.69, 9.17) is 5.11 Å². The van der Waals surface area contributed by atoms with Gasteiger partial charge in [0.2, 0.25) is 5.91 Å². The van der Waals surface area contributed by atoms with Crippen LogP contribution in [0.3, 0.4) is 0 Å². The van der Waals surface area contributed by atoms with E-state index in [0.29, 0.717) is 17.7 Å². The second-order valence-corrected chi connectivity index (χ2v) is 6.55. The first-order valence-electron chi connectivity index (χ1n) is 8.71. The number of halogens is 2. The van der Waals surface area contributed by atoms with Crippen molar-refractivity contribution in [2.45, 2.75) is 18.8 Å². The maximum Gasteiger partial charge on any atom is 0.305 e. The zero-order chi connectivity index (χ0) is 20.3. The quantitative estimate of drug-likeness (QED) is 0.680. The largest absolute Gasteiger partial charge is 0.481 e. The predicted molar refractivity (Wildman–Crippen MR) is 96.9 cm³/mol. The Bertz CT molecular complexity index is 895. The fourth-order valence-electron chi connectivity index (χ4n) is 2.99. The molecule has 28 heavy (non-hydrogen) atoms. The average molecular weight is 388 g/mol. The van der Waals surface area contributed by atoms with Gasteiger partial charge in [0.05, 0.1) is 6.42 Å². The van der Waals surface area contributed by atoms with E-state index < -0.39 is 35.3 Å². The summed E-state index contributed by atoms with van der Waals surface area (Å²) in [5.74, 6) is -4.07. The molecule has 6 nitrogen and oxygen atoms in total. The molecule has 0 aliphatic heterocycles. The molecular weight excluding hydrogens is 370 g/mol. The molecule has 1 saturated carbocycles. The normalized spacial score (nSPS) is 17.6. The summed E-state index contributed by atoms with van der Waals surface area (Å²) >= 11 is 0. The number of carbonyl (C=O) groups excluding carboxylic acids is 2. The molecule has 8 heteroatoms. The van der Waals surface area contributed by atoms with E-state index >= 15 is 0 Å². The Hall–Kier alpha value is -3.29. The summed E-state index contributed by atoms with van der Waals surface area (Å²) in [5.41, 5.74) is 0.712. The molecule has 2 aromatic rings. The fraction of sp³-hybridized carbons (Fsp3) is 0.250. The van der Waals surface area contributed by atoms with Gasteiger partial charge in [0.15, 0.2) is 0 Å². The summed E-state index contributed by atoms with van der Waals surface area (Å²) in [5, 5.41) is 13.7. The van der Waals surface area contributed by atoms with Crippen molar-refractivity contribution in [2.24, 2.45) is 5.92 Å². The van der Waals surface area contributed by atoms with Crippen molar-refractivity contribution in [1.82, 2.24) is 5.32 Å². The van der Waals surface area contributed by atoms with Crippen LogP contribution in [0.4, 0.5) is 14.5 Å². The number of amides is 2. The van der Waals surface area contributed by atoms with Crippen LogP contribution in [0.25, 0.3) is 0 Å². The van der Waals surface area contributed by atoms with E-state index in [9.17, 15) is 23.2 Å². The lowest BCUT2D eigenvalue weighted by atomic mass is 10.1. The van der Waals surface area contributed by atoms with Gasteiger partial charge >= 0.3 is 5.97 Å². The van der Waals surface area contributed by atoms with Crippen LogP contribution in [0.1, 0.15) is 34.7 Å². The Labute approximate surface area is 159 Å². The first-order chi connectivity index (χ1) is 13.4. The first-order valence-corrected chi connectivity index (χ1v) is 8.71. The predicted octanol–water partition coefficient (Wildman–Crippen LogP) is 2.91. The van der Waals surface area contributed by atoms with Crippen LogP contribution in [-0.2, 0) is 9.59 Å². The van der Waals surface area contributed by atoms with E-state index in [1.165, 1.54) is 42.5 Å². The minimum absolute atomic E-state index is 0.0162. The number of nitrogens with one attached hydrogen (secondary N) is 2. The van der Waals surface area contributed by atoms with Crippen LogP contribution in [0.2, 0.25) is 0 Å². The molecule has 3 rings (SSSR count). The summed E-state index contributed by atoms with van der Waals surface area (Å²) in [6, 6.07) is 9.68. The van der Waals surface area contributed by atoms with Crippen LogP contribution in [-0.4, -0.2) is 29.4 Å². The van der Waals surface area contributed by atoms with Crippen molar-refractivity contribution in [1.29, 1.82) is 0 Å². The highest BCUT2D eigenvalue weighted by molar-refractivity contribution is 5.97. The van der Waals surface area contributed by atoms with Gasteiger partial charge in [0.1, 0.15) is 11.6 Å². The van der Waals surface area contributed by atoms with Crippen molar-refractivity contribution in [3.63, 3.8) is 0 Å². The van der Waals surface area contributed by atoms with Gasteiger partial charge in [0.25, 0.3) is 5.91 Å². The zero-order valence-electron chi connectivity index (χ0n) is 14.7. The lowest BCUT2D eigenvalue weighted by Crippen LogP contribution is -2.26. The Morgan fingerprint density at radius 1 is 1.04 bits per heavy atom. The van der Waals surface area contributed by atoms with Crippen LogP contribution in [0.15, 0.2) is 42.5 Å². The van der Waals surface area contributed by atoms with Crippen molar-refractivity contribution in [3.8, 4) is 0 Å². The summed E-state index contributed by atoms with van der Waals surface area (Å²) in [6.45, 7) is 0.0162. The minimum atomic E-state index is -1.01. The molecule has 0 heterocycles. The number of carboxylic acids is 1. The van der Waals surface area contributed by atoms with Crippen molar-refractivity contribution >= 4 is 23.5 Å². The average Bonchev–Trinajstić information content (AvgIpc) is 3.42. The third-order valence-corrected chi connectivity index (χ3v) is 4.54. The highest BCUT2D eigenvalue weighted by atomic mass is 19.1. The number of anilines is 1. The van der Waals surface area contributed by atoms with E-state index in [1.54, 1.807) is 0 Å². The van der Waals surface area contributed by atoms with Crippen molar-refractivity contribution < 1.29 is 28.3 Å². The molecule has 1 fully saturated rings. The summed E-state index contributed by atoms with van der Waals surface area (Å²) in [4.78, 5) is 34.6. The second-order valence-electron chi connectivity index (χ2n) is 6.55. The molecule has 0 saturated heterocycles. The van der Waals surface area contributed by atoms with Crippen LogP contribution in [0, 0.1) is 17.6 Å². The SMILES string of the molecule is O=C(O)CCNC(=O)c1ccc(NC(=O)C2CC2c2c(F)cccc2F)cc1. The molecule has 0 aromatic heterocycles. The molecule has 0 radical (unpaired) electrons. The van der Waals surface area contributed by atoms with Crippen molar-refractivity contribution in [3.05, 3.63) is 65.2 Å².